The smallest absolute Gasteiger partial charge is 0.120 e. The molecular formula is C15H22ClNOS. The fraction of sp³-hybridized carbons (Fsp3) is 0.600. The van der Waals surface area contributed by atoms with Gasteiger partial charge in [-0.3, -0.25) is 0 Å². The molecule has 0 unspecified atom stereocenters. The van der Waals surface area contributed by atoms with Crippen molar-refractivity contribution in [2.75, 3.05) is 31.7 Å². The molecule has 4 heteroatoms. The van der Waals surface area contributed by atoms with E-state index < -0.39 is 0 Å². The molecular weight excluding hydrogens is 278 g/mol. The molecule has 1 aromatic carbocycles. The average Bonchev–Trinajstić information content (AvgIpc) is 2.44. The Morgan fingerprint density at radius 3 is 2.89 bits per heavy atom. The summed E-state index contributed by atoms with van der Waals surface area (Å²) in [5.74, 6) is 3.49. The molecule has 0 saturated carbocycles. The summed E-state index contributed by atoms with van der Waals surface area (Å²) in [5.41, 5.74) is 0. The minimum Gasteiger partial charge on any atom is -0.493 e. The van der Waals surface area contributed by atoms with Crippen LogP contribution in [0.1, 0.15) is 19.3 Å². The minimum atomic E-state index is 0.731. The second-order valence-corrected chi connectivity index (χ2v) is 6.64. The molecule has 19 heavy (non-hydrogen) atoms. The molecule has 0 radical (unpaired) electrons. The first-order chi connectivity index (χ1) is 9.25. The first-order valence-electron chi connectivity index (χ1n) is 6.92. The van der Waals surface area contributed by atoms with Gasteiger partial charge in [-0.15, -0.1) is 0 Å². The highest BCUT2D eigenvalue weighted by atomic mass is 35.5. The molecule has 1 fully saturated rings. The summed E-state index contributed by atoms with van der Waals surface area (Å²) in [7, 11) is 2.24. The largest absolute Gasteiger partial charge is 0.493 e. The number of hydrogen-bond acceptors (Lipinski definition) is 3. The Morgan fingerprint density at radius 2 is 2.16 bits per heavy atom. The van der Waals surface area contributed by atoms with E-state index in [0.29, 0.717) is 0 Å². The molecule has 0 aliphatic carbocycles. The third kappa shape index (κ3) is 5.25. The average molecular weight is 300 g/mol. The zero-order chi connectivity index (χ0) is 13.5. The summed E-state index contributed by atoms with van der Waals surface area (Å²) < 4.78 is 5.71. The van der Waals surface area contributed by atoms with Crippen molar-refractivity contribution in [1.82, 2.24) is 4.90 Å². The highest BCUT2D eigenvalue weighted by Crippen LogP contribution is 2.21. The lowest BCUT2D eigenvalue weighted by atomic mass is 10.1. The van der Waals surface area contributed by atoms with Gasteiger partial charge in [-0.25, -0.2) is 0 Å². The van der Waals surface area contributed by atoms with Crippen LogP contribution >= 0.6 is 23.4 Å². The maximum Gasteiger partial charge on any atom is 0.120 e. The van der Waals surface area contributed by atoms with Gasteiger partial charge in [-0.2, -0.15) is 11.8 Å². The fourth-order valence-corrected chi connectivity index (χ4v) is 3.63. The third-order valence-corrected chi connectivity index (χ3v) is 4.82. The van der Waals surface area contributed by atoms with Crippen LogP contribution in [-0.4, -0.2) is 42.6 Å². The van der Waals surface area contributed by atoms with Crippen LogP contribution in [-0.2, 0) is 0 Å². The van der Waals surface area contributed by atoms with Crippen molar-refractivity contribution in [1.29, 1.82) is 0 Å². The summed E-state index contributed by atoms with van der Waals surface area (Å²) >= 11 is 8.00. The number of nitrogens with zero attached hydrogens (tertiary/aromatic N) is 1. The molecule has 0 N–H and O–H groups in total. The predicted molar refractivity (Wildman–Crippen MR) is 84.5 cm³/mol. The molecule has 1 aromatic rings. The van der Waals surface area contributed by atoms with Crippen LogP contribution in [0.15, 0.2) is 24.3 Å². The van der Waals surface area contributed by atoms with Crippen molar-refractivity contribution in [2.45, 2.75) is 25.3 Å². The van der Waals surface area contributed by atoms with Crippen LogP contribution in [0.4, 0.5) is 0 Å². The van der Waals surface area contributed by atoms with E-state index in [0.717, 1.165) is 36.4 Å². The van der Waals surface area contributed by atoms with Crippen molar-refractivity contribution < 1.29 is 4.74 Å². The lowest BCUT2D eigenvalue weighted by molar-refractivity contribution is 0.205. The SMILES string of the molecule is CN(CCCOc1cccc(Cl)c1)C1CCSCC1. The lowest BCUT2D eigenvalue weighted by Crippen LogP contribution is -2.35. The quantitative estimate of drug-likeness (QED) is 0.738. The van der Waals surface area contributed by atoms with Crippen LogP contribution in [0, 0.1) is 0 Å². The molecule has 0 spiro atoms. The second-order valence-electron chi connectivity index (χ2n) is 4.98. The zero-order valence-corrected chi connectivity index (χ0v) is 13.1. The highest BCUT2D eigenvalue weighted by molar-refractivity contribution is 7.99. The Morgan fingerprint density at radius 1 is 1.37 bits per heavy atom. The van der Waals surface area contributed by atoms with Crippen LogP contribution in [0.25, 0.3) is 0 Å². The molecule has 0 amide bonds. The Labute approximate surface area is 125 Å². The van der Waals surface area contributed by atoms with Gasteiger partial charge in [-0.1, -0.05) is 17.7 Å². The number of thioether (sulfide) groups is 1. The topological polar surface area (TPSA) is 12.5 Å². The van der Waals surface area contributed by atoms with Crippen molar-refractivity contribution in [3.8, 4) is 5.75 Å². The molecule has 106 valence electrons. The first kappa shape index (κ1) is 15.0. The normalized spacial score (nSPS) is 16.8. The van der Waals surface area contributed by atoms with E-state index in [-0.39, 0.29) is 0 Å². The van der Waals surface area contributed by atoms with Gasteiger partial charge in [0.1, 0.15) is 5.75 Å². The molecule has 1 aliphatic heterocycles. The second kappa shape index (κ2) is 8.03. The van der Waals surface area contributed by atoms with Gasteiger partial charge in [0.2, 0.25) is 0 Å². The Balaban J connectivity index is 1.63. The number of halogens is 1. The monoisotopic (exact) mass is 299 g/mol. The molecule has 0 bridgehead atoms. The molecule has 0 aromatic heterocycles. The summed E-state index contributed by atoms with van der Waals surface area (Å²) in [6, 6.07) is 8.37. The predicted octanol–water partition coefficient (Wildman–Crippen LogP) is 3.94. The fourth-order valence-electron chi connectivity index (χ4n) is 2.37. The summed E-state index contributed by atoms with van der Waals surface area (Å²) in [6.45, 7) is 1.86. The van der Waals surface area contributed by atoms with Gasteiger partial charge < -0.3 is 9.64 Å². The standard InChI is InChI=1S/C15H22ClNOS/c1-17(14-6-10-19-11-7-14)8-3-9-18-15-5-2-4-13(16)12-15/h2,4-5,12,14H,3,6-11H2,1H3. The van der Waals surface area contributed by atoms with E-state index >= 15 is 0 Å². The highest BCUT2D eigenvalue weighted by Gasteiger charge is 2.17. The Bertz CT molecular complexity index is 382. The molecule has 2 nitrogen and oxygen atoms in total. The first-order valence-corrected chi connectivity index (χ1v) is 8.45. The summed E-state index contributed by atoms with van der Waals surface area (Å²) in [6.07, 6.45) is 3.72. The zero-order valence-electron chi connectivity index (χ0n) is 11.5. The molecule has 0 atom stereocenters. The maximum absolute atomic E-state index is 5.92. The van der Waals surface area contributed by atoms with E-state index in [1.807, 2.05) is 24.3 Å². The van der Waals surface area contributed by atoms with Gasteiger partial charge in [0, 0.05) is 17.6 Å². The molecule has 1 aliphatic rings. The van der Waals surface area contributed by atoms with Crippen molar-refractivity contribution in [3.63, 3.8) is 0 Å². The number of hydrogen-bond donors (Lipinski definition) is 0. The number of ether oxygens (including phenoxy) is 1. The van der Waals surface area contributed by atoms with Crippen LogP contribution in [0.2, 0.25) is 5.02 Å². The van der Waals surface area contributed by atoms with E-state index in [1.54, 1.807) is 0 Å². The number of benzene rings is 1. The third-order valence-electron chi connectivity index (χ3n) is 3.53. The van der Waals surface area contributed by atoms with E-state index in [1.165, 1.54) is 24.3 Å². The maximum atomic E-state index is 5.92. The Hall–Kier alpha value is -0.380. The molecule has 1 heterocycles. The van der Waals surface area contributed by atoms with Crippen molar-refractivity contribution in [2.24, 2.45) is 0 Å². The van der Waals surface area contributed by atoms with Gasteiger partial charge >= 0.3 is 0 Å². The summed E-state index contributed by atoms with van der Waals surface area (Å²) in [4.78, 5) is 2.49. The minimum absolute atomic E-state index is 0.731. The Kier molecular flexibility index (Phi) is 6.35. The van der Waals surface area contributed by atoms with Gasteiger partial charge in [0.15, 0.2) is 0 Å². The van der Waals surface area contributed by atoms with Crippen molar-refractivity contribution in [3.05, 3.63) is 29.3 Å². The molecule has 1 saturated heterocycles. The molecule has 2 rings (SSSR count). The lowest BCUT2D eigenvalue weighted by Gasteiger charge is -2.30. The van der Waals surface area contributed by atoms with E-state index in [9.17, 15) is 0 Å². The van der Waals surface area contributed by atoms with E-state index in [2.05, 4.69) is 23.7 Å². The van der Waals surface area contributed by atoms with E-state index in [4.69, 9.17) is 16.3 Å². The summed E-state index contributed by atoms with van der Waals surface area (Å²) in [5, 5.41) is 0.731. The van der Waals surface area contributed by atoms with Gasteiger partial charge in [0.25, 0.3) is 0 Å². The van der Waals surface area contributed by atoms with Gasteiger partial charge in [-0.05, 0) is 56.0 Å². The van der Waals surface area contributed by atoms with Crippen LogP contribution in [0.3, 0.4) is 0 Å². The van der Waals surface area contributed by atoms with Crippen molar-refractivity contribution >= 4 is 23.4 Å². The van der Waals surface area contributed by atoms with Crippen LogP contribution < -0.4 is 4.74 Å². The number of rotatable bonds is 6. The van der Waals surface area contributed by atoms with Crippen LogP contribution in [0.5, 0.6) is 5.75 Å². The van der Waals surface area contributed by atoms with Gasteiger partial charge in [0.05, 0.1) is 6.61 Å².